The standard InChI is InChI=1S/C18H10BrN/c19-10-8-14-12-5-2-1-4-11(12)13-6-3-7-15-17(13)18(14)16(9-10)20-15/h1-9,20H. The maximum Gasteiger partial charge on any atom is 0.0482 e. The van der Waals surface area contributed by atoms with Crippen LogP contribution in [0.3, 0.4) is 0 Å². The molecule has 0 aliphatic heterocycles. The SMILES string of the molecule is Brc1cc2[nH]c3cccc4c5ccccc5c(c1)c2c34. The van der Waals surface area contributed by atoms with Crippen molar-refractivity contribution in [1.29, 1.82) is 0 Å². The van der Waals surface area contributed by atoms with Crippen LogP contribution in [0.5, 0.6) is 0 Å². The Kier molecular flexibility index (Phi) is 1.89. The molecule has 1 N–H and O–H groups in total. The molecule has 5 rings (SSSR count). The molecule has 1 nitrogen and oxygen atoms in total. The van der Waals surface area contributed by atoms with Crippen molar-refractivity contribution in [3.8, 4) is 0 Å². The van der Waals surface area contributed by atoms with Crippen LogP contribution in [0.1, 0.15) is 0 Å². The minimum Gasteiger partial charge on any atom is -0.354 e. The average Bonchev–Trinajstić information content (AvgIpc) is 2.84. The number of H-pyrrole nitrogens is 1. The van der Waals surface area contributed by atoms with Crippen LogP contribution < -0.4 is 0 Å². The van der Waals surface area contributed by atoms with Crippen LogP contribution in [0.25, 0.3) is 43.4 Å². The van der Waals surface area contributed by atoms with E-state index >= 15 is 0 Å². The third-order valence-electron chi connectivity index (χ3n) is 4.19. The van der Waals surface area contributed by atoms with Crippen molar-refractivity contribution in [2.24, 2.45) is 0 Å². The molecule has 0 saturated heterocycles. The van der Waals surface area contributed by atoms with Gasteiger partial charge in [-0.05, 0) is 39.7 Å². The van der Waals surface area contributed by atoms with Gasteiger partial charge in [0.25, 0.3) is 0 Å². The van der Waals surface area contributed by atoms with Crippen LogP contribution in [-0.2, 0) is 0 Å². The molecule has 0 aliphatic carbocycles. The second kappa shape index (κ2) is 3.53. The normalized spacial score (nSPS) is 12.2. The van der Waals surface area contributed by atoms with Gasteiger partial charge >= 0.3 is 0 Å². The van der Waals surface area contributed by atoms with Gasteiger partial charge in [-0.15, -0.1) is 0 Å². The fourth-order valence-corrected chi connectivity index (χ4v) is 3.89. The summed E-state index contributed by atoms with van der Waals surface area (Å²) in [5, 5.41) is 7.98. The van der Waals surface area contributed by atoms with Gasteiger partial charge in [0.15, 0.2) is 0 Å². The molecular formula is C18H10BrN. The Morgan fingerprint density at radius 2 is 1.35 bits per heavy atom. The van der Waals surface area contributed by atoms with E-state index in [4.69, 9.17) is 0 Å². The number of aromatic amines is 1. The molecule has 2 heteroatoms. The summed E-state index contributed by atoms with van der Waals surface area (Å²) < 4.78 is 1.12. The van der Waals surface area contributed by atoms with Crippen molar-refractivity contribution in [1.82, 2.24) is 4.98 Å². The van der Waals surface area contributed by atoms with E-state index in [9.17, 15) is 0 Å². The molecular weight excluding hydrogens is 310 g/mol. The Morgan fingerprint density at radius 3 is 2.20 bits per heavy atom. The van der Waals surface area contributed by atoms with Crippen molar-refractivity contribution >= 4 is 59.3 Å². The van der Waals surface area contributed by atoms with Gasteiger partial charge in [0.1, 0.15) is 0 Å². The van der Waals surface area contributed by atoms with E-state index in [1.54, 1.807) is 0 Å². The predicted molar refractivity (Wildman–Crippen MR) is 89.7 cm³/mol. The quantitative estimate of drug-likeness (QED) is 0.346. The van der Waals surface area contributed by atoms with E-state index < -0.39 is 0 Å². The zero-order valence-electron chi connectivity index (χ0n) is 10.6. The lowest BCUT2D eigenvalue weighted by atomic mass is 9.94. The highest BCUT2D eigenvalue weighted by molar-refractivity contribution is 9.10. The van der Waals surface area contributed by atoms with Gasteiger partial charge in [-0.25, -0.2) is 0 Å². The molecule has 0 unspecified atom stereocenters. The molecule has 0 fully saturated rings. The Bertz CT molecular complexity index is 1100. The molecule has 0 saturated carbocycles. The Morgan fingerprint density at radius 1 is 0.650 bits per heavy atom. The van der Waals surface area contributed by atoms with Crippen LogP contribution in [0.2, 0.25) is 0 Å². The first-order valence-corrected chi connectivity index (χ1v) is 7.46. The van der Waals surface area contributed by atoms with Crippen molar-refractivity contribution in [2.75, 3.05) is 0 Å². The zero-order valence-corrected chi connectivity index (χ0v) is 12.2. The number of aromatic nitrogens is 1. The molecule has 0 bridgehead atoms. The molecule has 1 aromatic heterocycles. The fourth-order valence-electron chi connectivity index (χ4n) is 3.44. The van der Waals surface area contributed by atoms with Gasteiger partial charge in [0.2, 0.25) is 0 Å². The molecule has 20 heavy (non-hydrogen) atoms. The van der Waals surface area contributed by atoms with Crippen molar-refractivity contribution in [3.05, 3.63) is 59.1 Å². The van der Waals surface area contributed by atoms with Gasteiger partial charge in [-0.2, -0.15) is 0 Å². The Hall–Kier alpha value is -2.06. The van der Waals surface area contributed by atoms with Crippen LogP contribution >= 0.6 is 15.9 Å². The van der Waals surface area contributed by atoms with Crippen molar-refractivity contribution < 1.29 is 0 Å². The lowest BCUT2D eigenvalue weighted by molar-refractivity contribution is 1.55. The van der Waals surface area contributed by atoms with Gasteiger partial charge < -0.3 is 4.98 Å². The molecule has 4 aromatic carbocycles. The molecule has 0 aliphatic rings. The molecule has 0 atom stereocenters. The molecule has 0 spiro atoms. The third-order valence-corrected chi connectivity index (χ3v) is 4.65. The number of halogens is 1. The number of benzene rings is 4. The lowest BCUT2D eigenvalue weighted by Crippen LogP contribution is -1.81. The van der Waals surface area contributed by atoms with Crippen LogP contribution in [-0.4, -0.2) is 4.98 Å². The fraction of sp³-hybridized carbons (Fsp3) is 0. The largest absolute Gasteiger partial charge is 0.354 e. The van der Waals surface area contributed by atoms with E-state index in [2.05, 4.69) is 75.5 Å². The first kappa shape index (κ1) is 10.7. The second-order valence-electron chi connectivity index (χ2n) is 5.27. The number of fused-ring (bicyclic) bond motifs is 3. The summed E-state index contributed by atoms with van der Waals surface area (Å²) in [5.41, 5.74) is 2.41. The lowest BCUT2D eigenvalue weighted by Gasteiger charge is -2.08. The molecule has 0 radical (unpaired) electrons. The Labute approximate surface area is 123 Å². The van der Waals surface area contributed by atoms with Gasteiger partial charge in [-0.3, -0.25) is 0 Å². The molecule has 0 amide bonds. The van der Waals surface area contributed by atoms with E-state index in [1.807, 2.05) is 0 Å². The molecule has 5 aromatic rings. The second-order valence-corrected chi connectivity index (χ2v) is 6.19. The first-order valence-electron chi connectivity index (χ1n) is 6.67. The Balaban J connectivity index is 2.32. The van der Waals surface area contributed by atoms with E-state index in [0.717, 1.165) is 4.47 Å². The molecule has 1 heterocycles. The third kappa shape index (κ3) is 1.18. The summed E-state index contributed by atoms with van der Waals surface area (Å²) in [6.45, 7) is 0. The molecule has 94 valence electrons. The van der Waals surface area contributed by atoms with Gasteiger partial charge in [-0.1, -0.05) is 52.3 Å². The number of hydrogen-bond acceptors (Lipinski definition) is 0. The monoisotopic (exact) mass is 319 g/mol. The highest BCUT2D eigenvalue weighted by Gasteiger charge is 2.15. The highest BCUT2D eigenvalue weighted by Crippen LogP contribution is 2.41. The van der Waals surface area contributed by atoms with Gasteiger partial charge in [0, 0.05) is 26.3 Å². The highest BCUT2D eigenvalue weighted by atomic mass is 79.9. The van der Waals surface area contributed by atoms with Crippen molar-refractivity contribution in [3.63, 3.8) is 0 Å². The maximum atomic E-state index is 3.63. The topological polar surface area (TPSA) is 15.8 Å². The van der Waals surface area contributed by atoms with E-state index in [0.29, 0.717) is 0 Å². The van der Waals surface area contributed by atoms with E-state index in [1.165, 1.54) is 43.4 Å². The van der Waals surface area contributed by atoms with Crippen LogP contribution in [0, 0.1) is 0 Å². The van der Waals surface area contributed by atoms with Crippen LogP contribution in [0.15, 0.2) is 59.1 Å². The number of hydrogen-bond donors (Lipinski definition) is 1. The number of rotatable bonds is 0. The number of nitrogens with one attached hydrogen (secondary N) is 1. The summed E-state index contributed by atoms with van der Waals surface area (Å²) in [5.74, 6) is 0. The summed E-state index contributed by atoms with van der Waals surface area (Å²) >= 11 is 3.63. The summed E-state index contributed by atoms with van der Waals surface area (Å²) in [6.07, 6.45) is 0. The van der Waals surface area contributed by atoms with Crippen LogP contribution in [0.4, 0.5) is 0 Å². The summed E-state index contributed by atoms with van der Waals surface area (Å²) in [7, 11) is 0. The smallest absolute Gasteiger partial charge is 0.0482 e. The minimum atomic E-state index is 1.12. The average molecular weight is 320 g/mol. The first-order chi connectivity index (χ1) is 9.83. The van der Waals surface area contributed by atoms with E-state index in [-0.39, 0.29) is 0 Å². The predicted octanol–water partition coefficient (Wildman–Crippen LogP) is 5.83. The summed E-state index contributed by atoms with van der Waals surface area (Å²) in [4.78, 5) is 3.55. The van der Waals surface area contributed by atoms with Crippen molar-refractivity contribution in [2.45, 2.75) is 0 Å². The van der Waals surface area contributed by atoms with Gasteiger partial charge in [0.05, 0.1) is 0 Å². The zero-order chi connectivity index (χ0) is 13.3. The minimum absolute atomic E-state index is 1.12. The summed E-state index contributed by atoms with van der Waals surface area (Å²) in [6, 6.07) is 19.6. The maximum absolute atomic E-state index is 3.63.